The molecule has 25 heavy (non-hydrogen) atoms. The fourth-order valence-corrected chi connectivity index (χ4v) is 3.03. The second kappa shape index (κ2) is 6.76. The highest BCUT2D eigenvalue weighted by Gasteiger charge is 2.34. The average Bonchev–Trinajstić information content (AvgIpc) is 2.65. The number of carbonyl (C=O) groups excluding carboxylic acids is 1. The molecule has 3 rings (SSSR count). The molecule has 1 atom stereocenters. The molecule has 2 aromatic rings. The number of benzene rings is 1. The first kappa shape index (κ1) is 16.7. The molecule has 0 bridgehead atoms. The first-order valence-corrected chi connectivity index (χ1v) is 7.83. The van der Waals surface area contributed by atoms with Crippen molar-refractivity contribution in [2.75, 3.05) is 24.5 Å². The third-order valence-electron chi connectivity index (χ3n) is 4.06. The summed E-state index contributed by atoms with van der Waals surface area (Å²) in [5, 5.41) is 1.04. The standard InChI is InChI=1S/C17H13ClN6O/c1-4-16(25)24-6-5-23(9-15(24)20-3)17-11-7-14(19-2)12(18)8-13(11)21-10-22-17/h4,7-8,10,15H,1,5-6,9H2. The second-order valence-electron chi connectivity index (χ2n) is 5.42. The van der Waals surface area contributed by atoms with Gasteiger partial charge in [-0.1, -0.05) is 18.2 Å². The molecule has 7 nitrogen and oxygen atoms in total. The Morgan fingerprint density at radius 2 is 2.16 bits per heavy atom. The zero-order valence-corrected chi connectivity index (χ0v) is 13.9. The van der Waals surface area contributed by atoms with Crippen LogP contribution in [0.5, 0.6) is 0 Å². The molecule has 8 heteroatoms. The van der Waals surface area contributed by atoms with Gasteiger partial charge in [-0.15, -0.1) is 0 Å². The quantitative estimate of drug-likeness (QED) is 0.616. The zero-order valence-electron chi connectivity index (χ0n) is 13.2. The minimum atomic E-state index is -0.614. The first-order valence-electron chi connectivity index (χ1n) is 7.45. The monoisotopic (exact) mass is 352 g/mol. The molecule has 1 aromatic carbocycles. The van der Waals surface area contributed by atoms with Gasteiger partial charge in [0.1, 0.15) is 18.7 Å². The zero-order chi connectivity index (χ0) is 18.0. The molecule has 1 unspecified atom stereocenters. The van der Waals surface area contributed by atoms with E-state index in [-0.39, 0.29) is 5.91 Å². The molecular formula is C17H13ClN6O. The Hall–Kier alpha value is -3.16. The molecule has 1 amide bonds. The van der Waals surface area contributed by atoms with E-state index in [2.05, 4.69) is 26.2 Å². The van der Waals surface area contributed by atoms with Crippen molar-refractivity contribution in [3.63, 3.8) is 0 Å². The SMILES string of the molecule is [C-]#[N+]c1cc2c(N3CCN(C(=O)C=C)C([N+]#[C-])C3)ncnc2cc1Cl. The lowest BCUT2D eigenvalue weighted by atomic mass is 10.1. The first-order chi connectivity index (χ1) is 12.1. The van der Waals surface area contributed by atoms with Crippen molar-refractivity contribution >= 4 is 39.9 Å². The molecule has 1 saturated heterocycles. The van der Waals surface area contributed by atoms with Gasteiger partial charge >= 0.3 is 6.17 Å². The highest BCUT2D eigenvalue weighted by molar-refractivity contribution is 6.34. The van der Waals surface area contributed by atoms with Crippen molar-refractivity contribution in [1.82, 2.24) is 14.9 Å². The van der Waals surface area contributed by atoms with Gasteiger partial charge < -0.3 is 4.90 Å². The predicted molar refractivity (Wildman–Crippen MR) is 95.3 cm³/mol. The molecule has 1 aliphatic heterocycles. The average molecular weight is 353 g/mol. The topological polar surface area (TPSA) is 58.1 Å². The van der Waals surface area contributed by atoms with Gasteiger partial charge in [-0.25, -0.2) is 21.4 Å². The maximum absolute atomic E-state index is 11.9. The predicted octanol–water partition coefficient (Wildman–Crippen LogP) is 2.91. The lowest BCUT2D eigenvalue weighted by Gasteiger charge is -2.35. The van der Waals surface area contributed by atoms with Gasteiger partial charge in [-0.2, -0.15) is 0 Å². The highest BCUT2D eigenvalue weighted by atomic mass is 35.5. The van der Waals surface area contributed by atoms with Gasteiger partial charge in [0.05, 0.1) is 12.1 Å². The molecule has 124 valence electrons. The van der Waals surface area contributed by atoms with E-state index in [1.807, 2.05) is 4.90 Å². The molecule has 0 aliphatic carbocycles. The molecule has 1 aromatic heterocycles. The number of fused-ring (bicyclic) bond motifs is 1. The number of anilines is 1. The maximum atomic E-state index is 11.9. The van der Waals surface area contributed by atoms with Crippen molar-refractivity contribution in [2.45, 2.75) is 6.17 Å². The van der Waals surface area contributed by atoms with Crippen LogP contribution in [0.4, 0.5) is 11.5 Å². The van der Waals surface area contributed by atoms with Gasteiger partial charge in [0.25, 0.3) is 5.91 Å². The van der Waals surface area contributed by atoms with Crippen molar-refractivity contribution in [3.8, 4) is 0 Å². The third-order valence-corrected chi connectivity index (χ3v) is 4.37. The Morgan fingerprint density at radius 1 is 1.36 bits per heavy atom. The van der Waals surface area contributed by atoms with E-state index in [1.54, 1.807) is 12.1 Å². The number of hydrogen-bond acceptors (Lipinski definition) is 4. The highest BCUT2D eigenvalue weighted by Crippen LogP contribution is 2.34. The van der Waals surface area contributed by atoms with Crippen LogP contribution in [-0.4, -0.2) is 46.6 Å². The van der Waals surface area contributed by atoms with Crippen LogP contribution in [0, 0.1) is 13.1 Å². The number of hydrogen-bond donors (Lipinski definition) is 0. The lowest BCUT2D eigenvalue weighted by molar-refractivity contribution is -0.127. The Morgan fingerprint density at radius 3 is 2.84 bits per heavy atom. The Labute approximate surface area is 149 Å². The fraction of sp³-hybridized carbons (Fsp3) is 0.235. The molecule has 0 radical (unpaired) electrons. The third kappa shape index (κ3) is 2.98. The van der Waals surface area contributed by atoms with Crippen LogP contribution in [0.1, 0.15) is 0 Å². The number of piperazine rings is 1. The van der Waals surface area contributed by atoms with E-state index >= 15 is 0 Å². The maximum Gasteiger partial charge on any atom is 0.318 e. The van der Waals surface area contributed by atoms with Crippen molar-refractivity contribution in [2.24, 2.45) is 0 Å². The summed E-state index contributed by atoms with van der Waals surface area (Å²) in [5.41, 5.74) is 0.957. The fourth-order valence-electron chi connectivity index (χ4n) is 2.83. The van der Waals surface area contributed by atoms with Crippen molar-refractivity contribution in [3.05, 3.63) is 59.0 Å². The van der Waals surface area contributed by atoms with Gasteiger partial charge in [0, 0.05) is 23.5 Å². The number of amides is 1. The van der Waals surface area contributed by atoms with E-state index in [9.17, 15) is 4.79 Å². The van der Waals surface area contributed by atoms with E-state index in [0.29, 0.717) is 47.1 Å². The minimum absolute atomic E-state index is 0.254. The van der Waals surface area contributed by atoms with Crippen LogP contribution >= 0.6 is 11.6 Å². The van der Waals surface area contributed by atoms with Crippen LogP contribution in [0.15, 0.2) is 31.1 Å². The van der Waals surface area contributed by atoms with Crippen LogP contribution < -0.4 is 4.90 Å². The smallest absolute Gasteiger partial charge is 0.318 e. The number of halogens is 1. The molecule has 0 N–H and O–H groups in total. The van der Waals surface area contributed by atoms with Crippen LogP contribution in [0.2, 0.25) is 5.02 Å². The number of aromatic nitrogens is 2. The summed E-state index contributed by atoms with van der Waals surface area (Å²) in [7, 11) is 0. The summed E-state index contributed by atoms with van der Waals surface area (Å²) in [6.45, 7) is 19.3. The molecule has 0 saturated carbocycles. The van der Waals surface area contributed by atoms with Crippen molar-refractivity contribution in [1.29, 1.82) is 0 Å². The molecule has 2 heterocycles. The minimum Gasteiger partial charge on any atom is -0.344 e. The van der Waals surface area contributed by atoms with Crippen molar-refractivity contribution < 1.29 is 4.79 Å². The Kier molecular flexibility index (Phi) is 4.51. The molecular weight excluding hydrogens is 340 g/mol. The molecule has 1 aliphatic rings. The lowest BCUT2D eigenvalue weighted by Crippen LogP contribution is -2.53. The molecule has 1 fully saturated rings. The van der Waals surface area contributed by atoms with Gasteiger partial charge in [-0.05, 0) is 18.2 Å². The number of carbonyl (C=O) groups is 1. The van der Waals surface area contributed by atoms with E-state index < -0.39 is 6.17 Å². The van der Waals surface area contributed by atoms with Crippen LogP contribution in [0.25, 0.3) is 20.6 Å². The van der Waals surface area contributed by atoms with Gasteiger partial charge in [-0.3, -0.25) is 14.5 Å². The Bertz CT molecular complexity index is 945. The van der Waals surface area contributed by atoms with Gasteiger partial charge in [0.15, 0.2) is 0 Å². The van der Waals surface area contributed by atoms with E-state index in [0.717, 1.165) is 0 Å². The summed E-state index contributed by atoms with van der Waals surface area (Å²) in [6.07, 6.45) is 2.04. The van der Waals surface area contributed by atoms with E-state index in [4.69, 9.17) is 24.7 Å². The Balaban J connectivity index is 2.00. The van der Waals surface area contributed by atoms with Gasteiger partial charge in [0.2, 0.25) is 5.69 Å². The largest absolute Gasteiger partial charge is 0.344 e. The van der Waals surface area contributed by atoms with Crippen LogP contribution in [0.3, 0.4) is 0 Å². The summed E-state index contributed by atoms with van der Waals surface area (Å²) < 4.78 is 0. The van der Waals surface area contributed by atoms with E-state index in [1.165, 1.54) is 17.3 Å². The van der Waals surface area contributed by atoms with Crippen LogP contribution in [-0.2, 0) is 4.79 Å². The molecule has 0 spiro atoms. The summed E-state index contributed by atoms with van der Waals surface area (Å²) >= 11 is 6.08. The second-order valence-corrected chi connectivity index (χ2v) is 5.83. The summed E-state index contributed by atoms with van der Waals surface area (Å²) in [5.74, 6) is 0.376. The number of rotatable bonds is 2. The normalized spacial score (nSPS) is 17.0. The summed E-state index contributed by atoms with van der Waals surface area (Å²) in [6, 6.07) is 3.30. The number of nitrogens with zero attached hydrogens (tertiary/aromatic N) is 6. The summed E-state index contributed by atoms with van der Waals surface area (Å²) in [4.78, 5) is 30.8.